The Labute approximate surface area is 143 Å². The van der Waals surface area contributed by atoms with Gasteiger partial charge in [-0.3, -0.25) is 9.59 Å². The van der Waals surface area contributed by atoms with Crippen LogP contribution in [0.5, 0.6) is 0 Å². The van der Waals surface area contributed by atoms with Gasteiger partial charge >= 0.3 is 0 Å². The number of hydrogen-bond acceptors (Lipinski definition) is 7. The second-order valence-electron chi connectivity index (χ2n) is 5.32. The highest BCUT2D eigenvalue weighted by molar-refractivity contribution is 6.03. The fourth-order valence-electron chi connectivity index (χ4n) is 2.09. The zero-order valence-corrected chi connectivity index (χ0v) is 13.6. The van der Waals surface area contributed by atoms with Gasteiger partial charge in [0.2, 0.25) is 0 Å². The van der Waals surface area contributed by atoms with Gasteiger partial charge in [0, 0.05) is 23.4 Å². The lowest BCUT2D eigenvalue weighted by Crippen LogP contribution is -2.14. The molecule has 0 fully saturated rings. The number of aryl methyl sites for hydroxylation is 1. The van der Waals surface area contributed by atoms with Crippen LogP contribution in [0.25, 0.3) is 0 Å². The SMILES string of the molecule is CC(=O)c1ccc(NC(=O)c2cc(Nc3cc(C)on3)ncn2)cc1. The lowest BCUT2D eigenvalue weighted by molar-refractivity contribution is 0.101. The number of carbonyl (C=O) groups is 2. The first-order chi connectivity index (χ1) is 12.0. The topological polar surface area (TPSA) is 110 Å². The summed E-state index contributed by atoms with van der Waals surface area (Å²) in [7, 11) is 0. The average molecular weight is 337 g/mol. The highest BCUT2D eigenvalue weighted by Crippen LogP contribution is 2.15. The highest BCUT2D eigenvalue weighted by atomic mass is 16.5. The van der Waals surface area contributed by atoms with Crippen molar-refractivity contribution in [2.45, 2.75) is 13.8 Å². The van der Waals surface area contributed by atoms with Gasteiger partial charge in [0.25, 0.3) is 5.91 Å². The van der Waals surface area contributed by atoms with Crippen molar-refractivity contribution in [1.82, 2.24) is 15.1 Å². The Morgan fingerprint density at radius 2 is 1.80 bits per heavy atom. The van der Waals surface area contributed by atoms with E-state index in [2.05, 4.69) is 25.8 Å². The molecule has 0 saturated carbocycles. The Morgan fingerprint density at radius 3 is 2.44 bits per heavy atom. The lowest BCUT2D eigenvalue weighted by atomic mass is 10.1. The first-order valence-corrected chi connectivity index (χ1v) is 7.46. The number of aromatic nitrogens is 3. The molecule has 0 aliphatic heterocycles. The van der Waals surface area contributed by atoms with Gasteiger partial charge in [-0.1, -0.05) is 5.16 Å². The minimum atomic E-state index is -0.391. The van der Waals surface area contributed by atoms with Crippen LogP contribution in [0, 0.1) is 6.92 Å². The van der Waals surface area contributed by atoms with Crippen LogP contribution in [0.15, 0.2) is 47.2 Å². The Hall–Kier alpha value is -3.55. The maximum absolute atomic E-state index is 12.3. The molecular formula is C17H15N5O3. The summed E-state index contributed by atoms with van der Waals surface area (Å²) in [6.07, 6.45) is 1.28. The van der Waals surface area contributed by atoms with E-state index < -0.39 is 5.91 Å². The average Bonchev–Trinajstić information content (AvgIpc) is 3.00. The number of Topliss-reactive ketones (excluding diaryl/α,β-unsaturated/α-hetero) is 1. The minimum Gasteiger partial charge on any atom is -0.360 e. The van der Waals surface area contributed by atoms with Crippen molar-refractivity contribution in [1.29, 1.82) is 0 Å². The molecule has 2 heterocycles. The molecule has 0 saturated heterocycles. The van der Waals surface area contributed by atoms with Gasteiger partial charge in [0.05, 0.1) is 0 Å². The molecule has 1 amide bonds. The largest absolute Gasteiger partial charge is 0.360 e. The van der Waals surface area contributed by atoms with E-state index in [1.807, 2.05) is 0 Å². The normalized spacial score (nSPS) is 10.3. The van der Waals surface area contributed by atoms with Crippen LogP contribution in [0.2, 0.25) is 0 Å². The summed E-state index contributed by atoms with van der Waals surface area (Å²) in [5, 5.41) is 9.45. The lowest BCUT2D eigenvalue weighted by Gasteiger charge is -2.06. The van der Waals surface area contributed by atoms with Crippen molar-refractivity contribution < 1.29 is 14.1 Å². The molecule has 0 unspecified atom stereocenters. The molecule has 2 N–H and O–H groups in total. The summed E-state index contributed by atoms with van der Waals surface area (Å²) < 4.78 is 4.96. The summed E-state index contributed by atoms with van der Waals surface area (Å²) >= 11 is 0. The first-order valence-electron chi connectivity index (χ1n) is 7.46. The molecule has 0 aliphatic carbocycles. The number of hydrogen-bond donors (Lipinski definition) is 2. The molecule has 8 nitrogen and oxygen atoms in total. The van der Waals surface area contributed by atoms with Gasteiger partial charge in [-0.2, -0.15) is 0 Å². The molecule has 0 radical (unpaired) electrons. The van der Waals surface area contributed by atoms with Crippen molar-refractivity contribution in [3.8, 4) is 0 Å². The smallest absolute Gasteiger partial charge is 0.274 e. The van der Waals surface area contributed by atoms with E-state index in [4.69, 9.17) is 4.52 Å². The third-order valence-corrected chi connectivity index (χ3v) is 3.33. The van der Waals surface area contributed by atoms with E-state index in [-0.39, 0.29) is 11.5 Å². The zero-order valence-electron chi connectivity index (χ0n) is 13.6. The van der Waals surface area contributed by atoms with Crippen LogP contribution in [0.4, 0.5) is 17.3 Å². The van der Waals surface area contributed by atoms with Crippen molar-refractivity contribution in [2.24, 2.45) is 0 Å². The number of anilines is 3. The highest BCUT2D eigenvalue weighted by Gasteiger charge is 2.11. The van der Waals surface area contributed by atoms with Gasteiger partial charge < -0.3 is 15.2 Å². The van der Waals surface area contributed by atoms with Crippen LogP contribution >= 0.6 is 0 Å². The Kier molecular flexibility index (Phi) is 4.51. The van der Waals surface area contributed by atoms with Crippen molar-refractivity contribution >= 4 is 29.0 Å². The number of nitrogens with zero attached hydrogens (tertiary/aromatic N) is 3. The Morgan fingerprint density at radius 1 is 1.04 bits per heavy atom. The summed E-state index contributed by atoms with van der Waals surface area (Å²) in [5.41, 5.74) is 1.33. The third-order valence-electron chi connectivity index (χ3n) is 3.33. The fraction of sp³-hybridized carbons (Fsp3) is 0.118. The van der Waals surface area contributed by atoms with Gasteiger partial charge in [0.1, 0.15) is 23.6 Å². The molecule has 1 aromatic carbocycles. The number of ketones is 1. The monoisotopic (exact) mass is 337 g/mol. The maximum atomic E-state index is 12.3. The summed E-state index contributed by atoms with van der Waals surface area (Å²) in [6.45, 7) is 3.26. The van der Waals surface area contributed by atoms with Crippen molar-refractivity contribution in [3.05, 3.63) is 59.7 Å². The maximum Gasteiger partial charge on any atom is 0.274 e. The van der Waals surface area contributed by atoms with Gasteiger partial charge in [-0.25, -0.2) is 9.97 Å². The first kappa shape index (κ1) is 16.3. The molecule has 0 aliphatic rings. The molecule has 8 heteroatoms. The number of nitrogens with one attached hydrogen (secondary N) is 2. The van der Waals surface area contributed by atoms with Crippen LogP contribution < -0.4 is 10.6 Å². The van der Waals surface area contributed by atoms with Crippen LogP contribution in [-0.4, -0.2) is 26.8 Å². The molecule has 0 atom stereocenters. The van der Waals surface area contributed by atoms with E-state index in [0.717, 1.165) is 0 Å². The fourth-order valence-corrected chi connectivity index (χ4v) is 2.09. The van der Waals surface area contributed by atoms with E-state index in [1.165, 1.54) is 19.3 Å². The van der Waals surface area contributed by atoms with Gasteiger partial charge in [-0.05, 0) is 38.1 Å². The van der Waals surface area contributed by atoms with E-state index in [0.29, 0.717) is 28.6 Å². The molecule has 0 bridgehead atoms. The number of carbonyl (C=O) groups excluding carboxylic acids is 2. The van der Waals surface area contributed by atoms with Crippen LogP contribution in [0.3, 0.4) is 0 Å². The van der Waals surface area contributed by atoms with Crippen LogP contribution in [-0.2, 0) is 0 Å². The zero-order chi connectivity index (χ0) is 17.8. The summed E-state index contributed by atoms with van der Waals surface area (Å²) in [6, 6.07) is 9.83. The standard InChI is InChI=1S/C17H15N5O3/c1-10-7-16(22-25-10)21-15-8-14(18-9-19-15)17(24)20-13-5-3-12(4-6-13)11(2)23/h3-9H,1-2H3,(H,20,24)(H,18,19,21,22). The molecular weight excluding hydrogens is 322 g/mol. The van der Waals surface area contributed by atoms with Gasteiger partial charge in [0.15, 0.2) is 11.6 Å². The minimum absolute atomic E-state index is 0.0347. The Bertz CT molecular complexity index is 918. The van der Waals surface area contributed by atoms with E-state index in [9.17, 15) is 9.59 Å². The van der Waals surface area contributed by atoms with Crippen molar-refractivity contribution in [3.63, 3.8) is 0 Å². The molecule has 3 rings (SSSR count). The Balaban J connectivity index is 1.71. The second kappa shape index (κ2) is 6.91. The molecule has 25 heavy (non-hydrogen) atoms. The van der Waals surface area contributed by atoms with Crippen LogP contribution in [0.1, 0.15) is 33.5 Å². The number of benzene rings is 1. The quantitative estimate of drug-likeness (QED) is 0.689. The van der Waals surface area contributed by atoms with E-state index >= 15 is 0 Å². The van der Waals surface area contributed by atoms with Crippen molar-refractivity contribution in [2.75, 3.05) is 10.6 Å². The van der Waals surface area contributed by atoms with E-state index in [1.54, 1.807) is 37.3 Å². The number of amides is 1. The molecule has 126 valence electrons. The third kappa shape index (κ3) is 4.05. The predicted octanol–water partition coefficient (Wildman–Crippen LogP) is 2.97. The molecule has 3 aromatic rings. The molecule has 2 aromatic heterocycles. The van der Waals surface area contributed by atoms with Gasteiger partial charge in [-0.15, -0.1) is 0 Å². The summed E-state index contributed by atoms with van der Waals surface area (Å²) in [4.78, 5) is 31.6. The second-order valence-corrected chi connectivity index (χ2v) is 5.32. The molecule has 0 spiro atoms. The summed E-state index contributed by atoms with van der Waals surface area (Å²) in [5.74, 6) is 1.14. The predicted molar refractivity (Wildman–Crippen MR) is 91.0 cm³/mol. The number of rotatable bonds is 5.